The SMILES string of the molecule is CCNC(C)c1ccc(OCCN(C)C)cc1. The van der Waals surface area contributed by atoms with Gasteiger partial charge in [-0.3, -0.25) is 0 Å². The molecule has 1 N–H and O–H groups in total. The summed E-state index contributed by atoms with van der Waals surface area (Å²) in [6, 6.07) is 8.73. The van der Waals surface area contributed by atoms with Crippen molar-refractivity contribution in [3.8, 4) is 5.75 Å². The van der Waals surface area contributed by atoms with E-state index in [-0.39, 0.29) is 0 Å². The fourth-order valence-corrected chi connectivity index (χ4v) is 1.62. The molecule has 0 heterocycles. The van der Waals surface area contributed by atoms with E-state index in [1.807, 2.05) is 26.2 Å². The van der Waals surface area contributed by atoms with E-state index in [4.69, 9.17) is 4.74 Å². The second-order valence-corrected chi connectivity index (χ2v) is 4.50. The molecule has 0 aromatic heterocycles. The standard InChI is InChI=1S/C14H24N2O/c1-5-15-12(2)13-6-8-14(9-7-13)17-11-10-16(3)4/h6-9,12,15H,5,10-11H2,1-4H3. The summed E-state index contributed by atoms with van der Waals surface area (Å²) in [4.78, 5) is 2.11. The molecule has 1 aromatic rings. The van der Waals surface area contributed by atoms with Crippen LogP contribution in [0.25, 0.3) is 0 Å². The molecule has 0 fully saturated rings. The molecule has 0 aliphatic rings. The Hall–Kier alpha value is -1.06. The van der Waals surface area contributed by atoms with Crippen LogP contribution in [0.3, 0.4) is 0 Å². The number of nitrogens with zero attached hydrogens (tertiary/aromatic N) is 1. The number of likely N-dealkylation sites (N-methyl/N-ethyl adjacent to an activating group) is 1. The summed E-state index contributed by atoms with van der Waals surface area (Å²) in [7, 11) is 4.09. The fraction of sp³-hybridized carbons (Fsp3) is 0.571. The van der Waals surface area contributed by atoms with Crippen LogP contribution in [-0.2, 0) is 0 Å². The van der Waals surface area contributed by atoms with Crippen LogP contribution in [0.15, 0.2) is 24.3 Å². The van der Waals surface area contributed by atoms with Gasteiger partial charge in [0.05, 0.1) is 0 Å². The Bertz CT molecular complexity index is 309. The van der Waals surface area contributed by atoms with Gasteiger partial charge in [0.2, 0.25) is 0 Å². The molecule has 0 saturated carbocycles. The quantitative estimate of drug-likeness (QED) is 0.786. The number of benzene rings is 1. The summed E-state index contributed by atoms with van der Waals surface area (Å²) in [6.45, 7) is 6.95. The highest BCUT2D eigenvalue weighted by atomic mass is 16.5. The van der Waals surface area contributed by atoms with E-state index in [1.54, 1.807) is 0 Å². The Kier molecular flexibility index (Phi) is 6.01. The van der Waals surface area contributed by atoms with Crippen LogP contribution >= 0.6 is 0 Å². The third-order valence-electron chi connectivity index (χ3n) is 2.70. The maximum absolute atomic E-state index is 5.65. The van der Waals surface area contributed by atoms with Crippen molar-refractivity contribution in [1.29, 1.82) is 0 Å². The minimum atomic E-state index is 0.399. The molecule has 1 unspecified atom stereocenters. The van der Waals surface area contributed by atoms with Crippen LogP contribution in [0, 0.1) is 0 Å². The van der Waals surface area contributed by atoms with Crippen LogP contribution in [0.2, 0.25) is 0 Å². The van der Waals surface area contributed by atoms with E-state index in [1.165, 1.54) is 5.56 Å². The van der Waals surface area contributed by atoms with Crippen molar-refractivity contribution in [3.05, 3.63) is 29.8 Å². The Morgan fingerprint density at radius 2 is 1.88 bits per heavy atom. The maximum atomic E-state index is 5.65. The van der Waals surface area contributed by atoms with Crippen LogP contribution in [0.4, 0.5) is 0 Å². The van der Waals surface area contributed by atoms with Crippen molar-refractivity contribution in [2.75, 3.05) is 33.8 Å². The van der Waals surface area contributed by atoms with Gasteiger partial charge >= 0.3 is 0 Å². The zero-order valence-electron chi connectivity index (χ0n) is 11.4. The lowest BCUT2D eigenvalue weighted by Gasteiger charge is -2.14. The monoisotopic (exact) mass is 236 g/mol. The van der Waals surface area contributed by atoms with E-state index >= 15 is 0 Å². The summed E-state index contributed by atoms with van der Waals surface area (Å²) in [5, 5.41) is 3.39. The van der Waals surface area contributed by atoms with Gasteiger partial charge in [0, 0.05) is 12.6 Å². The van der Waals surface area contributed by atoms with E-state index < -0.39 is 0 Å². The van der Waals surface area contributed by atoms with Gasteiger partial charge in [-0.1, -0.05) is 19.1 Å². The van der Waals surface area contributed by atoms with E-state index in [9.17, 15) is 0 Å². The molecule has 1 atom stereocenters. The molecule has 0 aliphatic heterocycles. The number of nitrogens with one attached hydrogen (secondary N) is 1. The van der Waals surface area contributed by atoms with E-state index in [0.717, 1.165) is 25.4 Å². The third kappa shape index (κ3) is 5.20. The molecule has 0 radical (unpaired) electrons. The molecule has 0 saturated heterocycles. The summed E-state index contributed by atoms with van der Waals surface area (Å²) >= 11 is 0. The first-order valence-electron chi connectivity index (χ1n) is 6.24. The topological polar surface area (TPSA) is 24.5 Å². The van der Waals surface area contributed by atoms with Gasteiger partial charge in [0.15, 0.2) is 0 Å². The minimum absolute atomic E-state index is 0.399. The highest BCUT2D eigenvalue weighted by molar-refractivity contribution is 5.28. The first-order valence-corrected chi connectivity index (χ1v) is 6.24. The molecule has 0 bridgehead atoms. The van der Waals surface area contributed by atoms with Gasteiger partial charge in [0.25, 0.3) is 0 Å². The van der Waals surface area contributed by atoms with Crippen molar-refractivity contribution in [3.63, 3.8) is 0 Å². The molecular formula is C14H24N2O. The molecule has 1 rings (SSSR count). The Morgan fingerprint density at radius 3 is 2.41 bits per heavy atom. The van der Waals surface area contributed by atoms with Crippen LogP contribution in [-0.4, -0.2) is 38.7 Å². The lowest BCUT2D eigenvalue weighted by atomic mass is 10.1. The number of ether oxygens (including phenoxy) is 1. The van der Waals surface area contributed by atoms with Crippen LogP contribution in [0.1, 0.15) is 25.5 Å². The molecule has 0 spiro atoms. The third-order valence-corrected chi connectivity index (χ3v) is 2.70. The number of hydrogen-bond acceptors (Lipinski definition) is 3. The van der Waals surface area contributed by atoms with Crippen molar-refractivity contribution in [2.45, 2.75) is 19.9 Å². The zero-order valence-corrected chi connectivity index (χ0v) is 11.4. The predicted octanol–water partition coefficient (Wildman–Crippen LogP) is 2.30. The zero-order chi connectivity index (χ0) is 12.7. The summed E-state index contributed by atoms with van der Waals surface area (Å²) < 4.78 is 5.65. The summed E-state index contributed by atoms with van der Waals surface area (Å²) in [6.07, 6.45) is 0. The average molecular weight is 236 g/mol. The number of hydrogen-bond donors (Lipinski definition) is 1. The molecule has 3 heteroatoms. The Morgan fingerprint density at radius 1 is 1.24 bits per heavy atom. The van der Waals surface area contributed by atoms with Crippen LogP contribution < -0.4 is 10.1 Å². The van der Waals surface area contributed by atoms with Crippen LogP contribution in [0.5, 0.6) is 5.75 Å². The first-order chi connectivity index (χ1) is 8.13. The Labute approximate surface area is 105 Å². The largest absolute Gasteiger partial charge is 0.492 e. The lowest BCUT2D eigenvalue weighted by molar-refractivity contribution is 0.261. The first kappa shape index (κ1) is 14.0. The molecular weight excluding hydrogens is 212 g/mol. The fourth-order valence-electron chi connectivity index (χ4n) is 1.62. The second kappa shape index (κ2) is 7.30. The summed E-state index contributed by atoms with van der Waals surface area (Å²) in [5.74, 6) is 0.944. The van der Waals surface area contributed by atoms with Gasteiger partial charge in [-0.25, -0.2) is 0 Å². The smallest absolute Gasteiger partial charge is 0.119 e. The molecule has 96 valence electrons. The van der Waals surface area contributed by atoms with E-state index in [0.29, 0.717) is 6.04 Å². The number of rotatable bonds is 7. The van der Waals surface area contributed by atoms with Gasteiger partial charge in [-0.05, 0) is 45.3 Å². The summed E-state index contributed by atoms with van der Waals surface area (Å²) in [5.41, 5.74) is 1.30. The molecule has 3 nitrogen and oxygen atoms in total. The second-order valence-electron chi connectivity index (χ2n) is 4.50. The Balaban J connectivity index is 2.44. The maximum Gasteiger partial charge on any atom is 0.119 e. The van der Waals surface area contributed by atoms with Gasteiger partial charge in [-0.15, -0.1) is 0 Å². The molecule has 0 aliphatic carbocycles. The normalized spacial score (nSPS) is 12.8. The average Bonchev–Trinajstić information content (AvgIpc) is 2.30. The molecule has 17 heavy (non-hydrogen) atoms. The van der Waals surface area contributed by atoms with Gasteiger partial charge in [0.1, 0.15) is 12.4 Å². The lowest BCUT2D eigenvalue weighted by Crippen LogP contribution is -2.19. The van der Waals surface area contributed by atoms with Gasteiger partial charge < -0.3 is 15.0 Å². The highest BCUT2D eigenvalue weighted by Gasteiger charge is 2.03. The molecule has 1 aromatic carbocycles. The van der Waals surface area contributed by atoms with Gasteiger partial charge in [-0.2, -0.15) is 0 Å². The van der Waals surface area contributed by atoms with E-state index in [2.05, 4.69) is 36.2 Å². The van der Waals surface area contributed by atoms with Crippen molar-refractivity contribution >= 4 is 0 Å². The molecule has 0 amide bonds. The van der Waals surface area contributed by atoms with Crippen molar-refractivity contribution in [2.24, 2.45) is 0 Å². The van der Waals surface area contributed by atoms with Crippen molar-refractivity contribution in [1.82, 2.24) is 10.2 Å². The van der Waals surface area contributed by atoms with Crippen molar-refractivity contribution < 1.29 is 4.74 Å². The minimum Gasteiger partial charge on any atom is -0.492 e. The highest BCUT2D eigenvalue weighted by Crippen LogP contribution is 2.17. The predicted molar refractivity (Wildman–Crippen MR) is 72.6 cm³/mol.